The van der Waals surface area contributed by atoms with Crippen molar-refractivity contribution >= 4 is 18.0 Å². The van der Waals surface area contributed by atoms with E-state index < -0.39 is 18.0 Å². The number of hydrogen-bond acceptors (Lipinski definition) is 7. The molecule has 0 aliphatic carbocycles. The van der Waals surface area contributed by atoms with Crippen molar-refractivity contribution in [1.29, 1.82) is 0 Å². The van der Waals surface area contributed by atoms with Crippen LogP contribution in [0.25, 0.3) is 0 Å². The van der Waals surface area contributed by atoms with E-state index in [1.807, 2.05) is 0 Å². The summed E-state index contributed by atoms with van der Waals surface area (Å²) < 4.78 is 4.18. The molecule has 0 aliphatic heterocycles. The lowest BCUT2D eigenvalue weighted by molar-refractivity contribution is -0.455. The molecule has 0 aliphatic rings. The second-order valence-corrected chi connectivity index (χ2v) is 2.03. The van der Waals surface area contributed by atoms with Crippen LogP contribution < -0.4 is 5.73 Å². The fourth-order valence-electron chi connectivity index (χ4n) is 0.294. The minimum atomic E-state index is -0.859. The normalized spacial score (nSPS) is 7.82. The molecule has 8 heteroatoms. The second kappa shape index (κ2) is 11.7. The molecule has 0 heterocycles. The summed E-state index contributed by atoms with van der Waals surface area (Å²) >= 11 is 0. The van der Waals surface area contributed by atoms with Crippen LogP contribution in [0.5, 0.6) is 0 Å². The Balaban J connectivity index is 0. The highest BCUT2D eigenvalue weighted by Gasteiger charge is 2.00. The minimum absolute atomic E-state index is 0.356. The standard InChI is InChI=1S/C6H6O5.C3H7NO2/c1-3-5(7)9-11-10-6(8)4-2;1-2-6-3(4)5/h3-4H,1-2H2;2H2,1H3,(H2,4,5). The van der Waals surface area contributed by atoms with E-state index in [4.69, 9.17) is 0 Å². The maximum absolute atomic E-state index is 10.2. The van der Waals surface area contributed by atoms with Crippen LogP contribution in [-0.2, 0) is 29.1 Å². The molecule has 1 amide bonds. The summed E-state index contributed by atoms with van der Waals surface area (Å²) in [5.74, 6) is -1.72. The Morgan fingerprint density at radius 1 is 1.12 bits per heavy atom. The van der Waals surface area contributed by atoms with Crippen LogP contribution in [-0.4, -0.2) is 24.6 Å². The van der Waals surface area contributed by atoms with Gasteiger partial charge in [0.25, 0.3) is 0 Å². The molecular weight excluding hydrogens is 234 g/mol. The van der Waals surface area contributed by atoms with Crippen LogP contribution in [0.15, 0.2) is 25.3 Å². The molecule has 0 fully saturated rings. The van der Waals surface area contributed by atoms with Crippen molar-refractivity contribution in [2.24, 2.45) is 5.73 Å². The maximum Gasteiger partial charge on any atom is 0.404 e. The molecule has 2 N–H and O–H groups in total. The number of primary amides is 1. The van der Waals surface area contributed by atoms with Gasteiger partial charge in [-0.15, -0.1) is 0 Å². The molecule has 0 bridgehead atoms. The van der Waals surface area contributed by atoms with Crippen molar-refractivity contribution < 1.29 is 33.9 Å². The molecule has 0 radical (unpaired) electrons. The lowest BCUT2D eigenvalue weighted by atomic mass is 10.7. The maximum atomic E-state index is 10.2. The van der Waals surface area contributed by atoms with Crippen molar-refractivity contribution in [3.8, 4) is 0 Å². The third-order valence-electron chi connectivity index (χ3n) is 0.852. The largest absolute Gasteiger partial charge is 0.450 e. The Labute approximate surface area is 97.4 Å². The van der Waals surface area contributed by atoms with Crippen LogP contribution in [0.1, 0.15) is 6.92 Å². The van der Waals surface area contributed by atoms with Gasteiger partial charge in [-0.05, 0) is 6.92 Å². The number of amides is 1. The van der Waals surface area contributed by atoms with Crippen molar-refractivity contribution in [3.63, 3.8) is 0 Å². The summed E-state index contributed by atoms with van der Waals surface area (Å²) in [6.07, 6.45) is 0.987. The van der Waals surface area contributed by atoms with Gasteiger partial charge in [0.1, 0.15) is 0 Å². The van der Waals surface area contributed by atoms with E-state index in [-0.39, 0.29) is 0 Å². The second-order valence-electron chi connectivity index (χ2n) is 2.03. The molecule has 0 aromatic rings. The van der Waals surface area contributed by atoms with Gasteiger partial charge in [-0.1, -0.05) is 13.2 Å². The van der Waals surface area contributed by atoms with Gasteiger partial charge in [-0.2, -0.15) is 0 Å². The van der Waals surface area contributed by atoms with Crippen LogP contribution in [0, 0.1) is 0 Å². The van der Waals surface area contributed by atoms with Crippen LogP contribution in [0.2, 0.25) is 0 Å². The summed E-state index contributed by atoms with van der Waals surface area (Å²) in [6, 6.07) is 0. The molecule has 0 saturated heterocycles. The monoisotopic (exact) mass is 247 g/mol. The number of hydrogen-bond donors (Lipinski definition) is 1. The highest BCUT2D eigenvalue weighted by Crippen LogP contribution is 1.85. The fraction of sp³-hybridized carbons (Fsp3) is 0.222. The van der Waals surface area contributed by atoms with E-state index in [0.717, 1.165) is 12.2 Å². The summed E-state index contributed by atoms with van der Waals surface area (Å²) in [7, 11) is 0. The first-order valence-electron chi connectivity index (χ1n) is 4.24. The minimum Gasteiger partial charge on any atom is -0.450 e. The lowest BCUT2D eigenvalue weighted by Gasteiger charge is -1.95. The molecule has 0 spiro atoms. The predicted octanol–water partition coefficient (Wildman–Crippen LogP) is 0.393. The van der Waals surface area contributed by atoms with Gasteiger partial charge in [0.05, 0.1) is 6.61 Å². The molecule has 0 atom stereocenters. The number of ether oxygens (including phenoxy) is 1. The molecule has 17 heavy (non-hydrogen) atoms. The Bertz CT molecular complexity index is 267. The summed E-state index contributed by atoms with van der Waals surface area (Å²) in [6.45, 7) is 8.18. The van der Waals surface area contributed by atoms with Crippen molar-refractivity contribution in [3.05, 3.63) is 25.3 Å². The van der Waals surface area contributed by atoms with Gasteiger partial charge in [0.2, 0.25) is 0 Å². The summed E-state index contributed by atoms with van der Waals surface area (Å²) in [5.41, 5.74) is 4.54. The van der Waals surface area contributed by atoms with E-state index in [0.29, 0.717) is 6.61 Å². The third kappa shape index (κ3) is 16.3. The van der Waals surface area contributed by atoms with Gasteiger partial charge < -0.3 is 10.5 Å². The first-order valence-corrected chi connectivity index (χ1v) is 4.24. The Morgan fingerprint density at radius 3 is 1.71 bits per heavy atom. The first-order chi connectivity index (χ1) is 7.97. The molecule has 8 nitrogen and oxygen atoms in total. The average Bonchev–Trinajstić information content (AvgIpc) is 2.29. The number of carbonyl (C=O) groups is 3. The van der Waals surface area contributed by atoms with Gasteiger partial charge in [0, 0.05) is 17.2 Å². The zero-order chi connectivity index (χ0) is 13.7. The van der Waals surface area contributed by atoms with Crippen molar-refractivity contribution in [2.45, 2.75) is 6.92 Å². The molecule has 0 saturated carbocycles. The Morgan fingerprint density at radius 2 is 1.53 bits per heavy atom. The van der Waals surface area contributed by atoms with Gasteiger partial charge in [0.15, 0.2) is 0 Å². The smallest absolute Gasteiger partial charge is 0.404 e. The van der Waals surface area contributed by atoms with E-state index in [2.05, 4.69) is 38.4 Å². The van der Waals surface area contributed by atoms with E-state index in [1.54, 1.807) is 6.92 Å². The molecule has 0 unspecified atom stereocenters. The van der Waals surface area contributed by atoms with E-state index in [9.17, 15) is 14.4 Å². The quantitative estimate of drug-likeness (QED) is 0.424. The topological polar surface area (TPSA) is 114 Å². The van der Waals surface area contributed by atoms with Crippen LogP contribution >= 0.6 is 0 Å². The fourth-order valence-corrected chi connectivity index (χ4v) is 0.294. The Hall–Kier alpha value is -2.35. The zero-order valence-corrected chi connectivity index (χ0v) is 9.21. The molecule has 0 rings (SSSR count). The highest BCUT2D eigenvalue weighted by molar-refractivity contribution is 5.81. The lowest BCUT2D eigenvalue weighted by Crippen LogP contribution is -2.11. The number of carbonyl (C=O) groups excluding carboxylic acids is 3. The van der Waals surface area contributed by atoms with Gasteiger partial charge >= 0.3 is 18.0 Å². The summed E-state index contributed by atoms with van der Waals surface area (Å²) in [4.78, 5) is 37.6. The third-order valence-corrected chi connectivity index (χ3v) is 0.852. The van der Waals surface area contributed by atoms with Gasteiger partial charge in [-0.25, -0.2) is 14.4 Å². The zero-order valence-electron chi connectivity index (χ0n) is 9.21. The van der Waals surface area contributed by atoms with Gasteiger partial charge in [-0.3, -0.25) is 9.78 Å². The molecule has 96 valence electrons. The van der Waals surface area contributed by atoms with Crippen molar-refractivity contribution in [2.75, 3.05) is 6.61 Å². The first kappa shape index (κ1) is 17.1. The van der Waals surface area contributed by atoms with E-state index >= 15 is 0 Å². The number of nitrogens with two attached hydrogens (primary N) is 1. The molecule has 0 aromatic carbocycles. The van der Waals surface area contributed by atoms with Crippen molar-refractivity contribution in [1.82, 2.24) is 0 Å². The molecular formula is C9H13NO7. The SMILES string of the molecule is C=CC(=O)OOOC(=O)C=C.CCOC(N)=O. The molecule has 0 aromatic heterocycles. The predicted molar refractivity (Wildman–Crippen MR) is 54.9 cm³/mol. The highest BCUT2D eigenvalue weighted by atomic mass is 17.5. The Kier molecular flexibility index (Phi) is 11.8. The van der Waals surface area contributed by atoms with Crippen LogP contribution in [0.4, 0.5) is 4.79 Å². The summed E-state index contributed by atoms with van der Waals surface area (Å²) in [5, 5.41) is 3.70. The average molecular weight is 247 g/mol. The van der Waals surface area contributed by atoms with E-state index in [1.165, 1.54) is 0 Å². The number of rotatable bonds is 5. The van der Waals surface area contributed by atoms with Crippen LogP contribution in [0.3, 0.4) is 0 Å².